The number of benzene rings is 1. The zero-order valence-corrected chi connectivity index (χ0v) is 9.97. The van der Waals surface area contributed by atoms with E-state index in [1.54, 1.807) is 0 Å². The molecule has 0 saturated heterocycles. The van der Waals surface area contributed by atoms with Gasteiger partial charge in [0.25, 0.3) is 5.24 Å². The molecule has 0 saturated carbocycles. The molecule has 0 fully saturated rings. The molecular formula is C12H15ClO2. The molecule has 0 spiro atoms. The molecular weight excluding hydrogens is 212 g/mol. The summed E-state index contributed by atoms with van der Waals surface area (Å²) in [4.78, 5) is 11.0. The van der Waals surface area contributed by atoms with Gasteiger partial charge in [0.15, 0.2) is 6.10 Å². The minimum Gasteiger partial charge on any atom is -0.481 e. The second kappa shape index (κ2) is 5.17. The number of rotatable bonds is 4. The van der Waals surface area contributed by atoms with Crippen LogP contribution in [0.5, 0.6) is 5.75 Å². The molecule has 0 aliphatic carbocycles. The summed E-state index contributed by atoms with van der Waals surface area (Å²) < 4.78 is 5.53. The minimum absolute atomic E-state index is 0.447. The van der Waals surface area contributed by atoms with Gasteiger partial charge in [0.05, 0.1) is 0 Å². The number of carbonyl (C=O) groups excluding carboxylic acids is 1. The second-order valence-corrected chi connectivity index (χ2v) is 3.96. The van der Waals surface area contributed by atoms with E-state index in [0.29, 0.717) is 6.42 Å². The normalized spacial score (nSPS) is 12.3. The van der Waals surface area contributed by atoms with Crippen LogP contribution in [0.15, 0.2) is 18.2 Å². The summed E-state index contributed by atoms with van der Waals surface area (Å²) in [5.41, 5.74) is 2.19. The third-order valence-corrected chi connectivity index (χ3v) is 2.47. The van der Waals surface area contributed by atoms with E-state index in [2.05, 4.69) is 0 Å². The van der Waals surface area contributed by atoms with Gasteiger partial charge in [-0.25, -0.2) is 0 Å². The summed E-state index contributed by atoms with van der Waals surface area (Å²) in [5, 5.41) is -0.447. The van der Waals surface area contributed by atoms with Gasteiger partial charge in [-0.15, -0.1) is 0 Å². The number of aryl methyl sites for hydroxylation is 2. The molecule has 82 valence electrons. The Bertz CT molecular complexity index is 361. The molecule has 0 amide bonds. The van der Waals surface area contributed by atoms with E-state index in [1.165, 1.54) is 5.56 Å². The number of hydrogen-bond acceptors (Lipinski definition) is 2. The van der Waals surface area contributed by atoms with Gasteiger partial charge < -0.3 is 4.74 Å². The highest BCUT2D eigenvalue weighted by atomic mass is 35.5. The Hall–Kier alpha value is -1.02. The van der Waals surface area contributed by atoms with Gasteiger partial charge in [-0.2, -0.15) is 0 Å². The van der Waals surface area contributed by atoms with Crippen molar-refractivity contribution in [3.63, 3.8) is 0 Å². The monoisotopic (exact) mass is 226 g/mol. The molecule has 0 unspecified atom stereocenters. The van der Waals surface area contributed by atoms with Gasteiger partial charge in [-0.1, -0.05) is 24.6 Å². The minimum atomic E-state index is -0.548. The van der Waals surface area contributed by atoms with Crippen LogP contribution >= 0.6 is 11.6 Å². The first-order valence-electron chi connectivity index (χ1n) is 4.97. The highest BCUT2D eigenvalue weighted by Gasteiger charge is 2.16. The fraction of sp³-hybridized carbons (Fsp3) is 0.417. The van der Waals surface area contributed by atoms with Crippen molar-refractivity contribution in [3.05, 3.63) is 29.3 Å². The maximum atomic E-state index is 11.0. The van der Waals surface area contributed by atoms with Crippen LogP contribution in [0.3, 0.4) is 0 Å². The lowest BCUT2D eigenvalue weighted by atomic mass is 10.1. The van der Waals surface area contributed by atoms with Crippen LogP contribution in [-0.2, 0) is 4.79 Å². The van der Waals surface area contributed by atoms with E-state index in [1.807, 2.05) is 39.0 Å². The smallest absolute Gasteiger partial charge is 0.262 e. The average Bonchev–Trinajstić information content (AvgIpc) is 2.16. The van der Waals surface area contributed by atoms with Crippen LogP contribution in [0.2, 0.25) is 0 Å². The molecule has 1 rings (SSSR count). The molecule has 2 nitrogen and oxygen atoms in total. The molecule has 0 aliphatic rings. The van der Waals surface area contributed by atoms with E-state index >= 15 is 0 Å². The van der Waals surface area contributed by atoms with Crippen molar-refractivity contribution in [2.45, 2.75) is 33.3 Å². The van der Waals surface area contributed by atoms with Crippen LogP contribution in [0.1, 0.15) is 24.5 Å². The van der Waals surface area contributed by atoms with E-state index in [-0.39, 0.29) is 0 Å². The number of halogens is 1. The highest BCUT2D eigenvalue weighted by molar-refractivity contribution is 6.64. The first kappa shape index (κ1) is 12.1. The van der Waals surface area contributed by atoms with E-state index in [0.717, 1.165) is 11.3 Å². The lowest BCUT2D eigenvalue weighted by Gasteiger charge is -2.15. The van der Waals surface area contributed by atoms with Crippen LogP contribution < -0.4 is 4.74 Å². The zero-order chi connectivity index (χ0) is 11.4. The molecule has 1 aromatic carbocycles. The SMILES string of the molecule is CC[C@H](Oc1ccc(C)cc1C)C(=O)Cl. The molecule has 0 bridgehead atoms. The quantitative estimate of drug-likeness (QED) is 0.737. The summed E-state index contributed by atoms with van der Waals surface area (Å²) in [7, 11) is 0. The molecule has 1 atom stereocenters. The zero-order valence-electron chi connectivity index (χ0n) is 9.21. The Balaban J connectivity index is 2.84. The maximum absolute atomic E-state index is 11.0. The van der Waals surface area contributed by atoms with Crippen molar-refractivity contribution in [1.29, 1.82) is 0 Å². The molecule has 0 aliphatic heterocycles. The number of carbonyl (C=O) groups is 1. The summed E-state index contributed by atoms with van der Waals surface area (Å²) >= 11 is 5.41. The maximum Gasteiger partial charge on any atom is 0.262 e. The largest absolute Gasteiger partial charge is 0.481 e. The van der Waals surface area contributed by atoms with Crippen molar-refractivity contribution in [3.8, 4) is 5.75 Å². The van der Waals surface area contributed by atoms with Crippen molar-refractivity contribution < 1.29 is 9.53 Å². The summed E-state index contributed by atoms with van der Waals surface area (Å²) in [6.07, 6.45) is 0.0309. The number of ether oxygens (including phenoxy) is 1. The Labute approximate surface area is 95.2 Å². The van der Waals surface area contributed by atoms with Gasteiger partial charge >= 0.3 is 0 Å². The van der Waals surface area contributed by atoms with Gasteiger partial charge in [0.1, 0.15) is 5.75 Å². The molecule has 3 heteroatoms. The van der Waals surface area contributed by atoms with E-state index < -0.39 is 11.3 Å². The van der Waals surface area contributed by atoms with Crippen molar-refractivity contribution in [2.24, 2.45) is 0 Å². The predicted molar refractivity (Wildman–Crippen MR) is 61.5 cm³/mol. The molecule has 0 heterocycles. The van der Waals surface area contributed by atoms with Crippen molar-refractivity contribution in [1.82, 2.24) is 0 Å². The van der Waals surface area contributed by atoms with Gasteiger partial charge in [-0.05, 0) is 43.5 Å². The Morgan fingerprint density at radius 1 is 1.47 bits per heavy atom. The first-order valence-corrected chi connectivity index (χ1v) is 5.35. The fourth-order valence-electron chi connectivity index (χ4n) is 1.37. The molecule has 0 aromatic heterocycles. The van der Waals surface area contributed by atoms with Crippen LogP contribution in [-0.4, -0.2) is 11.3 Å². The third-order valence-electron chi connectivity index (χ3n) is 2.22. The Kier molecular flexibility index (Phi) is 4.15. The summed E-state index contributed by atoms with van der Waals surface area (Å²) in [5.74, 6) is 0.724. The lowest BCUT2D eigenvalue weighted by molar-refractivity contribution is -0.117. The van der Waals surface area contributed by atoms with E-state index in [4.69, 9.17) is 16.3 Å². The topological polar surface area (TPSA) is 26.3 Å². The molecule has 0 N–H and O–H groups in total. The van der Waals surface area contributed by atoms with Gasteiger partial charge in [0, 0.05) is 0 Å². The number of hydrogen-bond donors (Lipinski definition) is 0. The lowest BCUT2D eigenvalue weighted by Crippen LogP contribution is -2.22. The second-order valence-electron chi connectivity index (χ2n) is 3.59. The Morgan fingerprint density at radius 3 is 2.60 bits per heavy atom. The molecule has 1 aromatic rings. The summed E-state index contributed by atoms with van der Waals surface area (Å²) in [6, 6.07) is 5.83. The van der Waals surface area contributed by atoms with Crippen molar-refractivity contribution in [2.75, 3.05) is 0 Å². The Morgan fingerprint density at radius 2 is 2.13 bits per heavy atom. The fourth-order valence-corrected chi connectivity index (χ4v) is 1.57. The molecule has 0 radical (unpaired) electrons. The third kappa shape index (κ3) is 3.24. The standard InChI is InChI=1S/C12H15ClO2/c1-4-10(12(13)14)15-11-6-5-8(2)7-9(11)3/h5-7,10H,4H2,1-3H3/t10-/m0/s1. The first-order chi connectivity index (χ1) is 7.04. The van der Waals surface area contributed by atoms with Crippen LogP contribution in [0, 0.1) is 13.8 Å². The predicted octanol–water partition coefficient (Wildman–Crippen LogP) is 3.23. The van der Waals surface area contributed by atoms with Crippen LogP contribution in [0.4, 0.5) is 0 Å². The highest BCUT2D eigenvalue weighted by Crippen LogP contribution is 2.21. The van der Waals surface area contributed by atoms with Gasteiger partial charge in [-0.3, -0.25) is 4.79 Å². The van der Waals surface area contributed by atoms with Crippen LogP contribution in [0.25, 0.3) is 0 Å². The van der Waals surface area contributed by atoms with Gasteiger partial charge in [0.2, 0.25) is 0 Å². The average molecular weight is 227 g/mol. The molecule has 15 heavy (non-hydrogen) atoms. The van der Waals surface area contributed by atoms with Crippen molar-refractivity contribution >= 4 is 16.8 Å². The van der Waals surface area contributed by atoms with E-state index in [9.17, 15) is 4.79 Å². The summed E-state index contributed by atoms with van der Waals surface area (Å²) in [6.45, 7) is 5.84.